The van der Waals surface area contributed by atoms with Crippen LogP contribution in [0.15, 0.2) is 77.8 Å². The molecule has 3 amide bonds. The van der Waals surface area contributed by atoms with E-state index in [4.69, 9.17) is 4.74 Å². The fourth-order valence-corrected chi connectivity index (χ4v) is 3.62. The van der Waals surface area contributed by atoms with Crippen LogP contribution >= 0.6 is 0 Å². The first kappa shape index (κ1) is 22.5. The van der Waals surface area contributed by atoms with E-state index in [1.165, 1.54) is 30.2 Å². The quantitative estimate of drug-likeness (QED) is 0.446. The molecular weight excluding hydrogens is 438 g/mol. The van der Waals surface area contributed by atoms with Gasteiger partial charge in [-0.05, 0) is 12.1 Å². The Bertz CT molecular complexity index is 1290. The molecule has 1 atom stereocenters. The van der Waals surface area contributed by atoms with Crippen molar-refractivity contribution in [1.29, 1.82) is 0 Å². The number of amides is 3. The Labute approximate surface area is 195 Å². The number of rotatable bonds is 5. The Morgan fingerprint density at radius 1 is 1.09 bits per heavy atom. The average molecular weight is 459 g/mol. The first-order chi connectivity index (χ1) is 16.4. The summed E-state index contributed by atoms with van der Waals surface area (Å²) in [4.78, 5) is 42.5. The third-order valence-electron chi connectivity index (χ3n) is 5.30. The number of urea groups is 1. The number of benzene rings is 3. The van der Waals surface area contributed by atoms with E-state index < -0.39 is 23.0 Å². The number of para-hydroxylation sites is 1. The van der Waals surface area contributed by atoms with Gasteiger partial charge in [-0.3, -0.25) is 14.9 Å². The first-order valence-corrected chi connectivity index (χ1v) is 10.3. The summed E-state index contributed by atoms with van der Waals surface area (Å²) < 4.78 is 5.15. The molecule has 10 nitrogen and oxygen atoms in total. The Balaban J connectivity index is 1.66. The van der Waals surface area contributed by atoms with Gasteiger partial charge >= 0.3 is 6.03 Å². The Morgan fingerprint density at radius 3 is 2.50 bits per heavy atom. The van der Waals surface area contributed by atoms with Gasteiger partial charge in [0, 0.05) is 24.2 Å². The maximum Gasteiger partial charge on any atom is 0.321 e. The Hall–Kier alpha value is -4.73. The van der Waals surface area contributed by atoms with Crippen LogP contribution in [0.4, 0.5) is 21.9 Å². The number of hydrogen-bond donors (Lipinski definition) is 2. The van der Waals surface area contributed by atoms with E-state index in [2.05, 4.69) is 15.6 Å². The van der Waals surface area contributed by atoms with Crippen LogP contribution < -0.4 is 20.3 Å². The predicted octanol–water partition coefficient (Wildman–Crippen LogP) is 3.57. The normalized spacial score (nSPS) is 15.0. The summed E-state index contributed by atoms with van der Waals surface area (Å²) in [5.74, 6) is -0.321. The zero-order valence-electron chi connectivity index (χ0n) is 18.4. The second-order valence-electron chi connectivity index (χ2n) is 7.40. The number of nitro groups is 1. The average Bonchev–Trinajstić information content (AvgIpc) is 2.95. The lowest BCUT2D eigenvalue weighted by Gasteiger charge is -2.21. The molecule has 1 aliphatic heterocycles. The van der Waals surface area contributed by atoms with Crippen LogP contribution in [0.2, 0.25) is 0 Å². The van der Waals surface area contributed by atoms with Gasteiger partial charge in [-0.1, -0.05) is 48.5 Å². The number of nitrogens with zero attached hydrogens (tertiary/aromatic N) is 3. The van der Waals surface area contributed by atoms with E-state index in [1.54, 1.807) is 7.05 Å². The third kappa shape index (κ3) is 4.42. The molecule has 0 saturated heterocycles. The second-order valence-corrected chi connectivity index (χ2v) is 7.40. The van der Waals surface area contributed by atoms with Crippen LogP contribution in [0.3, 0.4) is 0 Å². The number of benzodiazepines with no additional fused rings is 1. The minimum absolute atomic E-state index is 0.106. The molecule has 0 aromatic heterocycles. The standard InChI is InChI=1S/C24H21N5O5/c1-28-19-11-7-6-10-17(19)21(15-8-4-3-5-9-15)26-22(23(28)30)27-24(31)25-18-13-12-16(29(32)33)14-20(18)34-2/h3-14,22H,1-2H3,(H2,25,27,31)/t22-/m1/s1. The molecule has 1 aliphatic rings. The van der Waals surface area contributed by atoms with Crippen LogP contribution in [-0.4, -0.2) is 42.9 Å². The van der Waals surface area contributed by atoms with Crippen LogP contribution in [0.5, 0.6) is 5.75 Å². The van der Waals surface area contributed by atoms with Gasteiger partial charge in [0.05, 0.1) is 35.2 Å². The molecular formula is C24H21N5O5. The molecule has 0 bridgehead atoms. The van der Waals surface area contributed by atoms with Gasteiger partial charge < -0.3 is 20.3 Å². The summed E-state index contributed by atoms with van der Waals surface area (Å²) in [6.07, 6.45) is -1.21. The van der Waals surface area contributed by atoms with Gasteiger partial charge in [-0.2, -0.15) is 0 Å². The minimum atomic E-state index is -1.21. The largest absolute Gasteiger partial charge is 0.494 e. The lowest BCUT2D eigenvalue weighted by atomic mass is 10.0. The molecule has 0 radical (unpaired) electrons. The molecule has 4 rings (SSSR count). The maximum absolute atomic E-state index is 13.2. The van der Waals surface area contributed by atoms with Gasteiger partial charge in [0.1, 0.15) is 5.75 Å². The summed E-state index contributed by atoms with van der Waals surface area (Å²) in [7, 11) is 2.95. The van der Waals surface area contributed by atoms with Gasteiger partial charge in [0.15, 0.2) is 0 Å². The summed E-state index contributed by atoms with van der Waals surface area (Å²) in [6.45, 7) is 0. The predicted molar refractivity (Wildman–Crippen MR) is 128 cm³/mol. The van der Waals surface area contributed by atoms with E-state index in [-0.39, 0.29) is 17.1 Å². The molecule has 10 heteroatoms. The molecule has 3 aromatic carbocycles. The monoisotopic (exact) mass is 459 g/mol. The number of carbonyl (C=O) groups excluding carboxylic acids is 2. The number of aliphatic imine (C=N–C) groups is 1. The van der Waals surface area contributed by atoms with E-state index in [1.807, 2.05) is 54.6 Å². The highest BCUT2D eigenvalue weighted by atomic mass is 16.6. The first-order valence-electron chi connectivity index (χ1n) is 10.3. The summed E-state index contributed by atoms with van der Waals surface area (Å²) in [5, 5.41) is 16.2. The summed E-state index contributed by atoms with van der Waals surface area (Å²) in [6, 6.07) is 19.8. The number of likely N-dealkylation sites (N-methyl/N-ethyl adjacent to an activating group) is 1. The molecule has 1 heterocycles. The number of fused-ring (bicyclic) bond motifs is 1. The van der Waals surface area contributed by atoms with Crippen molar-refractivity contribution in [2.45, 2.75) is 6.17 Å². The molecule has 0 aliphatic carbocycles. The highest BCUT2D eigenvalue weighted by Crippen LogP contribution is 2.30. The van der Waals surface area contributed by atoms with Gasteiger partial charge in [-0.15, -0.1) is 0 Å². The number of nitro benzene ring substituents is 1. The fourth-order valence-electron chi connectivity index (χ4n) is 3.62. The number of carbonyl (C=O) groups is 2. The molecule has 2 N–H and O–H groups in total. The van der Waals surface area contributed by atoms with Crippen molar-refractivity contribution < 1.29 is 19.2 Å². The highest BCUT2D eigenvalue weighted by Gasteiger charge is 2.31. The SMILES string of the molecule is COc1cc([N+](=O)[O-])ccc1NC(=O)N[C@H]1N=C(c2ccccc2)c2ccccc2N(C)C1=O. The van der Waals surface area contributed by atoms with E-state index in [9.17, 15) is 19.7 Å². The summed E-state index contributed by atoms with van der Waals surface area (Å²) >= 11 is 0. The summed E-state index contributed by atoms with van der Waals surface area (Å²) in [5.41, 5.74) is 2.80. The van der Waals surface area contributed by atoms with Gasteiger partial charge in [0.2, 0.25) is 6.17 Å². The fraction of sp³-hybridized carbons (Fsp3) is 0.125. The number of hydrogen-bond acceptors (Lipinski definition) is 6. The van der Waals surface area contributed by atoms with Crippen molar-refractivity contribution in [3.8, 4) is 5.75 Å². The van der Waals surface area contributed by atoms with Crippen molar-refractivity contribution in [2.75, 3.05) is 24.4 Å². The van der Waals surface area contributed by atoms with Gasteiger partial charge in [-0.25, -0.2) is 9.79 Å². The second kappa shape index (κ2) is 9.41. The molecule has 3 aromatic rings. The van der Waals surface area contributed by atoms with Crippen molar-refractivity contribution in [3.63, 3.8) is 0 Å². The van der Waals surface area contributed by atoms with E-state index in [0.29, 0.717) is 11.4 Å². The molecule has 0 spiro atoms. The van der Waals surface area contributed by atoms with Crippen molar-refractivity contribution in [1.82, 2.24) is 5.32 Å². The number of non-ortho nitro benzene ring substituents is 1. The molecule has 0 saturated carbocycles. The zero-order chi connectivity index (χ0) is 24.2. The smallest absolute Gasteiger partial charge is 0.321 e. The Morgan fingerprint density at radius 2 is 1.79 bits per heavy atom. The molecule has 34 heavy (non-hydrogen) atoms. The van der Waals surface area contributed by atoms with Crippen molar-refractivity contribution in [2.24, 2.45) is 4.99 Å². The maximum atomic E-state index is 13.2. The zero-order valence-corrected chi connectivity index (χ0v) is 18.4. The van der Waals surface area contributed by atoms with Crippen LogP contribution in [0, 0.1) is 10.1 Å². The van der Waals surface area contributed by atoms with Crippen LogP contribution in [0.1, 0.15) is 11.1 Å². The number of nitrogens with one attached hydrogen (secondary N) is 2. The van der Waals surface area contributed by atoms with Crippen molar-refractivity contribution in [3.05, 3.63) is 94.0 Å². The number of anilines is 2. The van der Waals surface area contributed by atoms with E-state index >= 15 is 0 Å². The number of methoxy groups -OCH3 is 1. The lowest BCUT2D eigenvalue weighted by Crippen LogP contribution is -2.47. The minimum Gasteiger partial charge on any atom is -0.494 e. The number of ether oxygens (including phenoxy) is 1. The lowest BCUT2D eigenvalue weighted by molar-refractivity contribution is -0.384. The Kier molecular flexibility index (Phi) is 6.22. The van der Waals surface area contributed by atoms with Crippen LogP contribution in [0.25, 0.3) is 0 Å². The molecule has 172 valence electrons. The highest BCUT2D eigenvalue weighted by molar-refractivity contribution is 6.20. The topological polar surface area (TPSA) is 126 Å². The van der Waals surface area contributed by atoms with Gasteiger partial charge in [0.25, 0.3) is 11.6 Å². The van der Waals surface area contributed by atoms with Crippen LogP contribution in [-0.2, 0) is 4.79 Å². The van der Waals surface area contributed by atoms with Crippen molar-refractivity contribution >= 4 is 34.7 Å². The molecule has 0 unspecified atom stereocenters. The molecule has 0 fully saturated rings. The third-order valence-corrected chi connectivity index (χ3v) is 5.30. The van der Waals surface area contributed by atoms with E-state index in [0.717, 1.165) is 11.1 Å².